The van der Waals surface area contributed by atoms with Gasteiger partial charge in [0.05, 0.1) is 42.0 Å². The van der Waals surface area contributed by atoms with E-state index in [1.165, 1.54) is 25.7 Å². The summed E-state index contributed by atoms with van der Waals surface area (Å²) in [6.45, 7) is 21.0. The maximum absolute atomic E-state index is 12.9. The zero-order valence-corrected chi connectivity index (χ0v) is 30.7. The molecule has 0 N–H and O–H groups in total. The molecule has 47 heavy (non-hydrogen) atoms. The molecule has 7 fully saturated rings. The van der Waals surface area contributed by atoms with Crippen LogP contribution in [0.4, 0.5) is 0 Å². The average molecular weight is 659 g/mol. The lowest BCUT2D eigenvalue weighted by molar-refractivity contribution is -0.174. The highest BCUT2D eigenvalue weighted by atomic mass is 16.6. The van der Waals surface area contributed by atoms with Gasteiger partial charge in [-0.3, -0.25) is 19.2 Å². The predicted molar refractivity (Wildman–Crippen MR) is 178 cm³/mol. The second kappa shape index (κ2) is 13.7. The summed E-state index contributed by atoms with van der Waals surface area (Å²) in [5.74, 6) is 4.99. The summed E-state index contributed by atoms with van der Waals surface area (Å²) in [4.78, 5) is 45.7. The molecule has 0 amide bonds. The van der Waals surface area contributed by atoms with Gasteiger partial charge in [-0.05, 0) is 119 Å². The van der Waals surface area contributed by atoms with Crippen LogP contribution in [0.25, 0.3) is 0 Å². The van der Waals surface area contributed by atoms with Gasteiger partial charge in [0.15, 0.2) is 0 Å². The Morgan fingerprint density at radius 2 is 1.51 bits per heavy atom. The van der Waals surface area contributed by atoms with E-state index in [0.29, 0.717) is 54.3 Å². The maximum Gasteiger partial charge on any atom is 0.317 e. The Morgan fingerprint density at radius 3 is 1.94 bits per heavy atom. The van der Waals surface area contributed by atoms with Crippen molar-refractivity contribution in [2.24, 2.45) is 76.4 Å². The molecule has 0 aromatic carbocycles. The standard InChI is InChI=1S/C19H30O2.C14H24O3.C6H8O3/c1-4-19(10-13-5-6-15(19)7-13)21-18(20)17-9-14-8-16(17)12(3)11(14)2;1-8-9(2)12-10(6-11(8)17-12)7-16-13(15)14(3,4)5;1-3-4(2)6(8)9-5(3)7/h11-17H,4-10H2,1-3H3;8-12H,6-7H2,1-5H3;3-4H,1-2H3. The number of hydrogen-bond acceptors (Lipinski definition) is 8. The van der Waals surface area contributed by atoms with Crippen LogP contribution in [-0.2, 0) is 38.1 Å². The third-order valence-corrected chi connectivity index (χ3v) is 14.0. The minimum atomic E-state index is -0.405. The third-order valence-electron chi connectivity index (χ3n) is 14.0. The van der Waals surface area contributed by atoms with Crippen molar-refractivity contribution in [2.75, 3.05) is 6.61 Å². The summed E-state index contributed by atoms with van der Waals surface area (Å²) in [6.07, 6.45) is 10.2. The van der Waals surface area contributed by atoms with Gasteiger partial charge < -0.3 is 18.9 Å². The largest absolute Gasteiger partial charge is 0.465 e. The quantitative estimate of drug-likeness (QED) is 0.171. The molecule has 266 valence electrons. The molecule has 7 rings (SSSR count). The van der Waals surface area contributed by atoms with Gasteiger partial charge in [0.25, 0.3) is 0 Å². The lowest BCUT2D eigenvalue weighted by Crippen LogP contribution is -2.43. The van der Waals surface area contributed by atoms with Crippen molar-refractivity contribution in [3.63, 3.8) is 0 Å². The van der Waals surface area contributed by atoms with Crippen LogP contribution in [0.15, 0.2) is 0 Å². The zero-order valence-electron chi connectivity index (χ0n) is 30.7. The van der Waals surface area contributed by atoms with E-state index in [1.807, 2.05) is 20.8 Å². The summed E-state index contributed by atoms with van der Waals surface area (Å²) in [6, 6.07) is 0. The van der Waals surface area contributed by atoms with Gasteiger partial charge in [0.2, 0.25) is 0 Å². The van der Waals surface area contributed by atoms with Crippen molar-refractivity contribution in [3.8, 4) is 0 Å². The first-order valence-corrected chi connectivity index (χ1v) is 18.8. The summed E-state index contributed by atoms with van der Waals surface area (Å²) in [7, 11) is 0. The van der Waals surface area contributed by atoms with E-state index >= 15 is 0 Å². The van der Waals surface area contributed by atoms with E-state index < -0.39 is 17.4 Å². The highest BCUT2D eigenvalue weighted by Crippen LogP contribution is 2.58. The highest BCUT2D eigenvalue weighted by Gasteiger charge is 2.56. The first-order valence-electron chi connectivity index (χ1n) is 18.8. The molecule has 15 unspecified atom stereocenters. The second-order valence-corrected chi connectivity index (χ2v) is 17.7. The van der Waals surface area contributed by atoms with Crippen molar-refractivity contribution in [1.29, 1.82) is 0 Å². The number of cyclic esters (lactones) is 2. The highest BCUT2D eigenvalue weighted by molar-refractivity contribution is 5.95. The lowest BCUT2D eigenvalue weighted by Gasteiger charge is -2.39. The molecular formula is C39H62O8. The number of hydrogen-bond donors (Lipinski definition) is 0. The Kier molecular flexibility index (Phi) is 10.6. The Labute approximate surface area is 283 Å². The van der Waals surface area contributed by atoms with Crippen LogP contribution in [-0.4, -0.2) is 48.3 Å². The molecule has 0 spiro atoms. The number of rotatable bonds is 5. The van der Waals surface area contributed by atoms with Gasteiger partial charge in [-0.2, -0.15) is 0 Å². The first kappa shape index (κ1) is 36.3. The fourth-order valence-electron chi connectivity index (χ4n) is 10.1. The molecule has 15 atom stereocenters. The van der Waals surface area contributed by atoms with Crippen LogP contribution in [0.1, 0.15) is 121 Å². The number of esters is 4. The topological polar surface area (TPSA) is 105 Å². The van der Waals surface area contributed by atoms with Gasteiger partial charge >= 0.3 is 23.9 Å². The van der Waals surface area contributed by atoms with Crippen molar-refractivity contribution in [2.45, 2.75) is 138 Å². The summed E-state index contributed by atoms with van der Waals surface area (Å²) >= 11 is 0. The van der Waals surface area contributed by atoms with E-state index in [1.54, 1.807) is 13.8 Å². The van der Waals surface area contributed by atoms with Gasteiger partial charge in [-0.1, -0.05) is 48.5 Å². The van der Waals surface area contributed by atoms with E-state index in [2.05, 4.69) is 39.4 Å². The van der Waals surface area contributed by atoms with Crippen LogP contribution in [0.3, 0.4) is 0 Å². The van der Waals surface area contributed by atoms with E-state index in [-0.39, 0.29) is 35.3 Å². The fraction of sp³-hybridized carbons (Fsp3) is 0.897. The SMILES string of the molecule is CC1C(=O)OC(=O)C1C.CC1C2CC(COC(=O)C(C)(C)C)C(O2)C1C.CCC1(OC(=O)C2CC3CC2C(C)C3C)CC2CCC1C2. The van der Waals surface area contributed by atoms with Crippen molar-refractivity contribution in [3.05, 3.63) is 0 Å². The molecule has 8 heteroatoms. The Hall–Kier alpha value is -1.96. The van der Waals surface area contributed by atoms with Gasteiger partial charge in [-0.15, -0.1) is 0 Å². The molecule has 8 nitrogen and oxygen atoms in total. The minimum absolute atomic E-state index is 0.0866. The molecule has 3 aliphatic heterocycles. The van der Waals surface area contributed by atoms with Gasteiger partial charge in [0, 0.05) is 5.92 Å². The minimum Gasteiger partial charge on any atom is -0.465 e. The predicted octanol–water partition coefficient (Wildman–Crippen LogP) is 7.40. The van der Waals surface area contributed by atoms with E-state index in [0.717, 1.165) is 43.4 Å². The fourth-order valence-corrected chi connectivity index (χ4v) is 10.1. The monoisotopic (exact) mass is 658 g/mol. The lowest BCUT2D eigenvalue weighted by atomic mass is 9.75. The van der Waals surface area contributed by atoms with E-state index in [9.17, 15) is 19.2 Å². The number of ether oxygens (including phenoxy) is 4. The van der Waals surface area contributed by atoms with Crippen LogP contribution in [0.2, 0.25) is 0 Å². The van der Waals surface area contributed by atoms with Crippen LogP contribution in [0.5, 0.6) is 0 Å². The van der Waals surface area contributed by atoms with Crippen molar-refractivity contribution in [1.82, 2.24) is 0 Å². The molecule has 0 aromatic heterocycles. The summed E-state index contributed by atoms with van der Waals surface area (Å²) in [5, 5.41) is 0. The Bertz CT molecular complexity index is 1170. The molecule has 0 radical (unpaired) electrons. The van der Waals surface area contributed by atoms with Gasteiger partial charge in [0.1, 0.15) is 5.60 Å². The summed E-state index contributed by atoms with van der Waals surface area (Å²) < 4.78 is 21.9. The van der Waals surface area contributed by atoms with Crippen LogP contribution >= 0.6 is 0 Å². The Balaban J connectivity index is 0.000000150. The van der Waals surface area contributed by atoms with Crippen molar-refractivity contribution >= 4 is 23.9 Å². The molecule has 0 aromatic rings. The van der Waals surface area contributed by atoms with E-state index in [4.69, 9.17) is 14.2 Å². The first-order chi connectivity index (χ1) is 22.0. The third kappa shape index (κ3) is 7.05. The summed E-state index contributed by atoms with van der Waals surface area (Å²) in [5.41, 5.74) is -0.492. The van der Waals surface area contributed by atoms with Crippen molar-refractivity contribution < 1.29 is 38.1 Å². The smallest absolute Gasteiger partial charge is 0.317 e. The van der Waals surface area contributed by atoms with Crippen LogP contribution < -0.4 is 0 Å². The van der Waals surface area contributed by atoms with Gasteiger partial charge in [-0.25, -0.2) is 0 Å². The maximum atomic E-state index is 12.9. The molecule has 4 saturated carbocycles. The molecular weight excluding hydrogens is 596 g/mol. The van der Waals surface area contributed by atoms with Crippen LogP contribution in [0, 0.1) is 76.4 Å². The second-order valence-electron chi connectivity index (χ2n) is 17.7. The zero-order chi connectivity index (χ0) is 34.6. The molecule has 7 aliphatic rings. The number of fused-ring (bicyclic) bond motifs is 6. The molecule has 3 saturated heterocycles. The normalized spacial score (nSPS) is 45.7. The Morgan fingerprint density at radius 1 is 0.851 bits per heavy atom. The number of carbonyl (C=O) groups excluding carboxylic acids is 4. The number of carbonyl (C=O) groups is 4. The molecule has 3 heterocycles. The molecule has 6 bridgehead atoms. The average Bonchev–Trinajstić information content (AvgIpc) is 3.89. The molecule has 4 aliphatic carbocycles.